The number of carboxylic acids is 2. The summed E-state index contributed by atoms with van der Waals surface area (Å²) in [6.45, 7) is 8.10. The van der Waals surface area contributed by atoms with Crippen LogP contribution in [0.1, 0.15) is 47.5 Å². The van der Waals surface area contributed by atoms with Crippen LogP contribution < -0.4 is 19.9 Å². The number of ether oxygens (including phenoxy) is 2. The minimum atomic E-state index is -4.12. The second-order valence-electron chi connectivity index (χ2n) is 14.0. The third kappa shape index (κ3) is 10.3. The quantitative estimate of drug-likeness (QED) is 0.0610. The lowest BCUT2D eigenvalue weighted by Gasteiger charge is -2.16. The van der Waals surface area contributed by atoms with Crippen molar-refractivity contribution < 1.29 is 37.7 Å². The minimum Gasteiger partial charge on any atom is -0.481 e. The molecule has 7 N–H and O–H groups in total. The van der Waals surface area contributed by atoms with Gasteiger partial charge in [-0.15, -0.1) is 0 Å². The Morgan fingerprint density at radius 3 is 1.62 bits per heavy atom. The number of aryl methyl sites for hydroxylation is 4. The fourth-order valence-corrected chi connectivity index (χ4v) is 9.28. The molecule has 0 bridgehead atoms. The SMILES string of the molecule is CCc1c(C)[nH]c2cc(N)c(Oc3ccc(CC(=O)O)cc3Cl)cc12.CCc1c(C)[nH]c2cc(NS(=O)(=O)c3ccc(Cl)cc3Cl)c(Oc3ccc(CC(=O)O)cc3Cl)cc12. The number of nitrogens with one attached hydrogen (secondary N) is 3. The summed E-state index contributed by atoms with van der Waals surface area (Å²) >= 11 is 24.7. The zero-order chi connectivity index (χ0) is 44.3. The number of aliphatic carboxylic acids is 2. The van der Waals surface area contributed by atoms with Crippen LogP contribution in [0.25, 0.3) is 21.8 Å². The number of H-pyrrole nitrogens is 2. The highest BCUT2D eigenvalue weighted by molar-refractivity contribution is 7.92. The number of sulfonamides is 1. The van der Waals surface area contributed by atoms with Gasteiger partial charge < -0.3 is 35.4 Å². The normalized spacial score (nSPS) is 11.3. The van der Waals surface area contributed by atoms with Gasteiger partial charge in [-0.3, -0.25) is 14.3 Å². The van der Waals surface area contributed by atoms with Crippen LogP contribution in [0.2, 0.25) is 20.1 Å². The molecule has 2 aromatic heterocycles. The molecule has 12 nitrogen and oxygen atoms in total. The zero-order valence-corrected chi connectivity index (χ0v) is 37.0. The van der Waals surface area contributed by atoms with Crippen molar-refractivity contribution in [1.82, 2.24) is 9.97 Å². The van der Waals surface area contributed by atoms with E-state index in [0.29, 0.717) is 38.4 Å². The Bertz CT molecular complexity index is 2950. The molecule has 0 aliphatic rings. The molecular weight excluding hydrogens is 886 g/mol. The number of anilines is 2. The van der Waals surface area contributed by atoms with Gasteiger partial charge in [-0.25, -0.2) is 8.42 Å². The number of aromatic amines is 2. The molecule has 0 aliphatic carbocycles. The van der Waals surface area contributed by atoms with Gasteiger partial charge in [0.25, 0.3) is 10.0 Å². The predicted octanol–water partition coefficient (Wildman–Crippen LogP) is 11.9. The average Bonchev–Trinajstić information content (AvgIpc) is 3.65. The summed E-state index contributed by atoms with van der Waals surface area (Å²) in [6, 6.07) is 20.8. The Kier molecular flexibility index (Phi) is 13.7. The average molecular weight is 927 g/mol. The summed E-state index contributed by atoms with van der Waals surface area (Å²) in [5, 5.41) is 20.6. The van der Waals surface area contributed by atoms with E-state index in [1.54, 1.807) is 42.5 Å². The Balaban J connectivity index is 0.000000218. The molecule has 2 heterocycles. The van der Waals surface area contributed by atoms with Crippen molar-refractivity contribution in [3.63, 3.8) is 0 Å². The second kappa shape index (κ2) is 18.6. The third-order valence-corrected chi connectivity index (χ3v) is 12.4. The Labute approximate surface area is 371 Å². The highest BCUT2D eigenvalue weighted by atomic mass is 35.5. The first kappa shape index (κ1) is 45.0. The molecule has 0 radical (unpaired) electrons. The van der Waals surface area contributed by atoms with Crippen molar-refractivity contribution in [3.05, 3.63) is 133 Å². The van der Waals surface area contributed by atoms with Gasteiger partial charge in [-0.2, -0.15) is 0 Å². The maximum absolute atomic E-state index is 13.2. The van der Waals surface area contributed by atoms with E-state index in [-0.39, 0.29) is 45.0 Å². The molecule has 0 spiro atoms. The molecule has 7 rings (SSSR count). The standard InChI is InChI=1S/C25H21Cl3N2O5S.C19H19ClN2O3/c1-3-16-13(2)29-20-12-21(30-36(33,34)24-7-5-15(26)10-19(24)28)23(11-17(16)20)35-22-6-4-14(8-18(22)27)9-25(31)32;1-3-12-10(2)22-16-9-15(21)18(8-13(12)16)25-17-5-4-11(6-14(17)20)7-19(23)24/h4-8,10-12,29-30H,3,9H2,1-2H3,(H,31,32);4-6,8-9,22H,3,7,21H2,1-2H3,(H,23,24). The number of aromatic nitrogens is 2. The van der Waals surface area contributed by atoms with Gasteiger partial charge in [0.2, 0.25) is 0 Å². The number of fused-ring (bicyclic) bond motifs is 2. The van der Waals surface area contributed by atoms with Crippen LogP contribution in [-0.4, -0.2) is 40.5 Å². The van der Waals surface area contributed by atoms with Crippen LogP contribution in [0.3, 0.4) is 0 Å². The lowest BCUT2D eigenvalue weighted by atomic mass is 10.1. The van der Waals surface area contributed by atoms with Crippen molar-refractivity contribution >= 4 is 102 Å². The number of benzene rings is 5. The topological polar surface area (TPSA) is 197 Å². The molecule has 0 unspecified atom stereocenters. The van der Waals surface area contributed by atoms with E-state index >= 15 is 0 Å². The van der Waals surface area contributed by atoms with Crippen molar-refractivity contribution in [2.45, 2.75) is 58.3 Å². The number of hydrogen-bond donors (Lipinski definition) is 6. The summed E-state index contributed by atoms with van der Waals surface area (Å²) in [7, 11) is -4.12. The Morgan fingerprint density at radius 2 is 1.15 bits per heavy atom. The van der Waals surface area contributed by atoms with Gasteiger partial charge in [0.15, 0.2) is 11.5 Å². The molecule has 0 saturated carbocycles. The number of hydrogen-bond acceptors (Lipinski definition) is 7. The van der Waals surface area contributed by atoms with Crippen molar-refractivity contribution in [1.29, 1.82) is 0 Å². The maximum Gasteiger partial charge on any atom is 0.307 e. The van der Waals surface area contributed by atoms with Gasteiger partial charge in [0.05, 0.1) is 39.3 Å². The summed E-state index contributed by atoms with van der Waals surface area (Å²) in [5.41, 5.74) is 13.9. The van der Waals surface area contributed by atoms with Crippen molar-refractivity contribution in [3.8, 4) is 23.0 Å². The number of nitrogen functional groups attached to an aromatic ring is 1. The van der Waals surface area contributed by atoms with E-state index < -0.39 is 22.0 Å². The van der Waals surface area contributed by atoms with E-state index in [2.05, 4.69) is 21.6 Å². The summed E-state index contributed by atoms with van der Waals surface area (Å²) < 4.78 is 41.0. The second-order valence-corrected chi connectivity index (χ2v) is 17.4. The zero-order valence-electron chi connectivity index (χ0n) is 33.2. The third-order valence-electron chi connectivity index (χ3n) is 9.75. The fourth-order valence-electron chi connectivity index (χ4n) is 6.96. The molecule has 318 valence electrons. The van der Waals surface area contributed by atoms with Crippen LogP contribution in [0.15, 0.2) is 83.8 Å². The molecule has 5 aromatic carbocycles. The van der Waals surface area contributed by atoms with Gasteiger partial charge in [0.1, 0.15) is 16.4 Å². The van der Waals surface area contributed by atoms with Crippen molar-refractivity contribution in [2.75, 3.05) is 10.5 Å². The molecule has 7 aromatic rings. The van der Waals surface area contributed by atoms with Crippen LogP contribution in [0.5, 0.6) is 23.0 Å². The van der Waals surface area contributed by atoms with E-state index in [0.717, 1.165) is 51.6 Å². The first-order valence-corrected chi connectivity index (χ1v) is 21.8. The molecule has 0 fully saturated rings. The Morgan fingerprint density at radius 1 is 0.656 bits per heavy atom. The van der Waals surface area contributed by atoms with Crippen LogP contribution in [-0.2, 0) is 45.3 Å². The number of rotatable bonds is 13. The fraction of sp³-hybridized carbons (Fsp3) is 0.182. The molecule has 0 saturated heterocycles. The van der Waals surface area contributed by atoms with Gasteiger partial charge in [0, 0.05) is 38.2 Å². The number of carboxylic acid groups (broad SMARTS) is 2. The lowest BCUT2D eigenvalue weighted by Crippen LogP contribution is -2.14. The number of carbonyl (C=O) groups is 2. The van der Waals surface area contributed by atoms with E-state index in [9.17, 15) is 18.0 Å². The highest BCUT2D eigenvalue weighted by Gasteiger charge is 2.23. The molecule has 0 amide bonds. The molecule has 0 atom stereocenters. The van der Waals surface area contributed by atoms with Gasteiger partial charge in [-0.1, -0.05) is 72.4 Å². The predicted molar refractivity (Wildman–Crippen MR) is 242 cm³/mol. The van der Waals surface area contributed by atoms with Crippen LogP contribution in [0.4, 0.5) is 11.4 Å². The molecule has 0 aliphatic heterocycles. The van der Waals surface area contributed by atoms with Gasteiger partial charge >= 0.3 is 11.9 Å². The summed E-state index contributed by atoms with van der Waals surface area (Å²) in [6.07, 6.45) is 1.37. The summed E-state index contributed by atoms with van der Waals surface area (Å²) in [4.78, 5) is 28.3. The number of halogens is 4. The Hall–Kier alpha value is -5.57. The monoisotopic (exact) mass is 924 g/mol. The van der Waals surface area contributed by atoms with Crippen LogP contribution >= 0.6 is 46.4 Å². The van der Waals surface area contributed by atoms with Crippen LogP contribution in [0, 0.1) is 13.8 Å². The van der Waals surface area contributed by atoms with E-state index in [1.807, 2.05) is 32.9 Å². The maximum atomic E-state index is 13.2. The highest BCUT2D eigenvalue weighted by Crippen LogP contribution is 2.41. The summed E-state index contributed by atoms with van der Waals surface area (Å²) in [5.74, 6) is -0.494. The van der Waals surface area contributed by atoms with E-state index in [1.165, 1.54) is 29.8 Å². The first-order chi connectivity index (χ1) is 28.9. The van der Waals surface area contributed by atoms with Gasteiger partial charge in [-0.05, 0) is 116 Å². The smallest absolute Gasteiger partial charge is 0.307 e. The first-order valence-electron chi connectivity index (χ1n) is 18.8. The molecule has 61 heavy (non-hydrogen) atoms. The molecular formula is C44H40Cl4N4O8S. The van der Waals surface area contributed by atoms with E-state index in [4.69, 9.17) is 71.8 Å². The number of nitrogens with two attached hydrogens (primary N) is 1. The lowest BCUT2D eigenvalue weighted by molar-refractivity contribution is -0.137. The molecule has 17 heteroatoms. The minimum absolute atomic E-state index is 0.0282. The largest absolute Gasteiger partial charge is 0.481 e. The van der Waals surface area contributed by atoms with Crippen molar-refractivity contribution in [2.24, 2.45) is 0 Å².